The van der Waals surface area contributed by atoms with Crippen LogP contribution in [0.4, 0.5) is 5.69 Å². The Balaban J connectivity index is 1.90. The molecule has 0 saturated carbocycles. The summed E-state index contributed by atoms with van der Waals surface area (Å²) in [6.07, 6.45) is 3.33. The molecule has 0 aliphatic rings. The Bertz CT molecular complexity index is 1000. The topological polar surface area (TPSA) is 102 Å². The minimum Gasteiger partial charge on any atom is -0.456 e. The van der Waals surface area contributed by atoms with Crippen LogP contribution in [-0.2, 0) is 14.3 Å². The molecule has 34 heavy (non-hydrogen) atoms. The number of rotatable bonds is 12. The van der Waals surface area contributed by atoms with Gasteiger partial charge in [0.05, 0.1) is 10.6 Å². The third-order valence-electron chi connectivity index (χ3n) is 5.17. The number of hydrogen-bond donors (Lipinski definition) is 2. The number of nitrogens with one attached hydrogen (secondary N) is 2. The number of carbonyl (C=O) groups excluding carboxylic acids is 4. The largest absolute Gasteiger partial charge is 0.456 e. The minimum atomic E-state index is -0.943. The van der Waals surface area contributed by atoms with Crippen LogP contribution in [0.15, 0.2) is 48.5 Å². The summed E-state index contributed by atoms with van der Waals surface area (Å²) in [5.74, 6) is -1.94. The van der Waals surface area contributed by atoms with E-state index in [0.717, 1.165) is 19.3 Å². The predicted molar refractivity (Wildman–Crippen MR) is 132 cm³/mol. The van der Waals surface area contributed by atoms with E-state index < -0.39 is 30.3 Å². The van der Waals surface area contributed by atoms with Gasteiger partial charge in [-0.1, -0.05) is 57.3 Å². The molecule has 0 unspecified atom stereocenters. The molecule has 2 aromatic carbocycles. The number of carbonyl (C=O) groups is 4. The smallest absolute Gasteiger partial charge is 0.329 e. The van der Waals surface area contributed by atoms with E-state index in [1.54, 1.807) is 62.4 Å². The van der Waals surface area contributed by atoms with Gasteiger partial charge in [0.15, 0.2) is 12.4 Å². The Morgan fingerprint density at radius 1 is 0.971 bits per heavy atom. The SMILES string of the molecule is CCCCCC(=O)Nc1ccc(C(=O)COC(=O)[C@@H](NC(=O)c2ccccc2Cl)C(C)C)cc1. The lowest BCUT2D eigenvalue weighted by molar-refractivity contribution is -0.146. The Labute approximate surface area is 205 Å². The Morgan fingerprint density at radius 3 is 2.26 bits per heavy atom. The molecule has 0 aliphatic heterocycles. The van der Waals surface area contributed by atoms with E-state index in [1.807, 2.05) is 0 Å². The lowest BCUT2D eigenvalue weighted by atomic mass is 10.0. The van der Waals surface area contributed by atoms with Crippen LogP contribution in [0.2, 0.25) is 5.02 Å². The fourth-order valence-corrected chi connectivity index (χ4v) is 3.39. The molecular weight excluding hydrogens is 456 g/mol. The summed E-state index contributed by atoms with van der Waals surface area (Å²) in [5, 5.41) is 5.70. The number of anilines is 1. The van der Waals surface area contributed by atoms with Gasteiger partial charge in [-0.25, -0.2) is 4.79 Å². The second-order valence-electron chi connectivity index (χ2n) is 8.29. The molecule has 2 aromatic rings. The number of ether oxygens (including phenoxy) is 1. The summed E-state index contributed by atoms with van der Waals surface area (Å²) in [5.41, 5.74) is 1.19. The third kappa shape index (κ3) is 8.30. The summed E-state index contributed by atoms with van der Waals surface area (Å²) in [6, 6.07) is 12.0. The van der Waals surface area contributed by atoms with E-state index in [-0.39, 0.29) is 22.4 Å². The van der Waals surface area contributed by atoms with Gasteiger partial charge >= 0.3 is 5.97 Å². The van der Waals surface area contributed by atoms with Gasteiger partial charge in [-0.05, 0) is 48.7 Å². The van der Waals surface area contributed by atoms with Gasteiger partial charge in [0.1, 0.15) is 6.04 Å². The van der Waals surface area contributed by atoms with Crippen LogP contribution < -0.4 is 10.6 Å². The lowest BCUT2D eigenvalue weighted by Crippen LogP contribution is -2.45. The van der Waals surface area contributed by atoms with Crippen molar-refractivity contribution in [3.05, 3.63) is 64.7 Å². The number of halogens is 1. The summed E-state index contributed by atoms with van der Waals surface area (Å²) in [7, 11) is 0. The molecule has 0 saturated heterocycles. The highest BCUT2D eigenvalue weighted by Crippen LogP contribution is 2.16. The Morgan fingerprint density at radius 2 is 1.65 bits per heavy atom. The molecular formula is C26H31ClN2O5. The number of amides is 2. The second kappa shape index (κ2) is 13.5. The van der Waals surface area contributed by atoms with Gasteiger partial charge in [0.2, 0.25) is 5.91 Å². The maximum atomic E-state index is 12.6. The van der Waals surface area contributed by atoms with Gasteiger partial charge in [0.25, 0.3) is 5.91 Å². The number of unbranched alkanes of at least 4 members (excludes halogenated alkanes) is 2. The first-order chi connectivity index (χ1) is 16.2. The van der Waals surface area contributed by atoms with Crippen LogP contribution in [0.3, 0.4) is 0 Å². The molecule has 2 amide bonds. The lowest BCUT2D eigenvalue weighted by Gasteiger charge is -2.21. The molecule has 0 aliphatic carbocycles. The normalized spacial score (nSPS) is 11.6. The standard InChI is InChI=1S/C26H31ClN2O5/c1-4-5-6-11-23(31)28-19-14-12-18(13-15-19)22(30)16-34-26(33)24(17(2)3)29-25(32)20-9-7-8-10-21(20)27/h7-10,12-15,17,24H,4-6,11,16H2,1-3H3,(H,28,31)(H,29,32)/t24-/m0/s1. The highest BCUT2D eigenvalue weighted by molar-refractivity contribution is 6.33. The molecule has 2 rings (SSSR count). The fraction of sp³-hybridized carbons (Fsp3) is 0.385. The summed E-state index contributed by atoms with van der Waals surface area (Å²) >= 11 is 6.05. The molecule has 2 N–H and O–H groups in total. The predicted octanol–water partition coefficient (Wildman–Crippen LogP) is 5.04. The molecule has 7 nitrogen and oxygen atoms in total. The minimum absolute atomic E-state index is 0.0694. The van der Waals surface area contributed by atoms with E-state index in [1.165, 1.54) is 0 Å². The molecule has 8 heteroatoms. The van der Waals surface area contributed by atoms with E-state index in [4.69, 9.17) is 16.3 Å². The number of esters is 1. The first-order valence-corrected chi connectivity index (χ1v) is 11.8. The van der Waals surface area contributed by atoms with Crippen LogP contribution in [0, 0.1) is 5.92 Å². The van der Waals surface area contributed by atoms with Crippen molar-refractivity contribution in [3.63, 3.8) is 0 Å². The third-order valence-corrected chi connectivity index (χ3v) is 5.50. The van der Waals surface area contributed by atoms with E-state index >= 15 is 0 Å². The zero-order valence-electron chi connectivity index (χ0n) is 19.7. The number of benzene rings is 2. The van der Waals surface area contributed by atoms with Crippen LogP contribution in [0.1, 0.15) is 67.2 Å². The quantitative estimate of drug-likeness (QED) is 0.248. The fourth-order valence-electron chi connectivity index (χ4n) is 3.17. The Kier molecular flexibility index (Phi) is 10.7. The monoisotopic (exact) mass is 486 g/mol. The maximum absolute atomic E-state index is 12.6. The molecule has 0 spiro atoms. The average molecular weight is 487 g/mol. The molecule has 0 bridgehead atoms. The Hall–Kier alpha value is -3.19. The molecule has 1 atom stereocenters. The molecule has 0 radical (unpaired) electrons. The van der Waals surface area contributed by atoms with Gasteiger partial charge in [0, 0.05) is 17.7 Å². The zero-order valence-corrected chi connectivity index (χ0v) is 20.5. The summed E-state index contributed by atoms with van der Waals surface area (Å²) in [6.45, 7) is 5.13. The number of ketones is 1. The van der Waals surface area contributed by atoms with Crippen molar-refractivity contribution < 1.29 is 23.9 Å². The van der Waals surface area contributed by atoms with Crippen LogP contribution in [0.25, 0.3) is 0 Å². The van der Waals surface area contributed by atoms with Crippen molar-refractivity contribution >= 4 is 40.9 Å². The number of Topliss-reactive ketones (excluding diaryl/α,β-unsaturated/α-hetero) is 1. The maximum Gasteiger partial charge on any atom is 0.329 e. The molecule has 0 heterocycles. The first kappa shape index (κ1) is 27.1. The van der Waals surface area contributed by atoms with Gasteiger partial charge in [-0.3, -0.25) is 14.4 Å². The molecule has 0 aromatic heterocycles. The van der Waals surface area contributed by atoms with Gasteiger partial charge in [-0.2, -0.15) is 0 Å². The summed E-state index contributed by atoms with van der Waals surface area (Å²) < 4.78 is 5.19. The van der Waals surface area contributed by atoms with Crippen molar-refractivity contribution in [2.45, 2.75) is 52.5 Å². The molecule has 0 fully saturated rings. The second-order valence-corrected chi connectivity index (χ2v) is 8.70. The zero-order chi connectivity index (χ0) is 25.1. The van der Waals surface area contributed by atoms with Gasteiger partial charge in [-0.15, -0.1) is 0 Å². The number of hydrogen-bond acceptors (Lipinski definition) is 5. The van der Waals surface area contributed by atoms with Crippen LogP contribution in [-0.4, -0.2) is 36.2 Å². The van der Waals surface area contributed by atoms with Crippen molar-refractivity contribution in [1.82, 2.24) is 5.32 Å². The van der Waals surface area contributed by atoms with Crippen LogP contribution >= 0.6 is 11.6 Å². The van der Waals surface area contributed by atoms with Crippen molar-refractivity contribution in [2.75, 3.05) is 11.9 Å². The van der Waals surface area contributed by atoms with Crippen molar-refractivity contribution in [2.24, 2.45) is 5.92 Å². The van der Waals surface area contributed by atoms with E-state index in [9.17, 15) is 19.2 Å². The van der Waals surface area contributed by atoms with Crippen molar-refractivity contribution in [3.8, 4) is 0 Å². The van der Waals surface area contributed by atoms with Crippen LogP contribution in [0.5, 0.6) is 0 Å². The highest BCUT2D eigenvalue weighted by atomic mass is 35.5. The average Bonchev–Trinajstić information content (AvgIpc) is 2.81. The highest BCUT2D eigenvalue weighted by Gasteiger charge is 2.27. The van der Waals surface area contributed by atoms with E-state index in [2.05, 4.69) is 17.6 Å². The first-order valence-electron chi connectivity index (χ1n) is 11.4. The van der Waals surface area contributed by atoms with Gasteiger partial charge < -0.3 is 15.4 Å². The van der Waals surface area contributed by atoms with Crippen molar-refractivity contribution in [1.29, 1.82) is 0 Å². The summed E-state index contributed by atoms with van der Waals surface area (Å²) in [4.78, 5) is 49.5. The molecule has 182 valence electrons. The van der Waals surface area contributed by atoms with E-state index in [0.29, 0.717) is 17.7 Å².